The number of hydrogen-bond donors (Lipinski definition) is 2. The molecule has 0 saturated carbocycles. The topological polar surface area (TPSA) is 71.8 Å². The second-order valence-electron chi connectivity index (χ2n) is 8.29. The summed E-state index contributed by atoms with van der Waals surface area (Å²) in [7, 11) is 0. The number of halogens is 1. The lowest BCUT2D eigenvalue weighted by atomic mass is 9.95. The van der Waals surface area contributed by atoms with E-state index >= 15 is 0 Å². The number of aryl methyl sites for hydroxylation is 1. The second-order valence-corrected chi connectivity index (χ2v) is 9.64. The van der Waals surface area contributed by atoms with Crippen LogP contribution in [0.25, 0.3) is 0 Å². The Balaban J connectivity index is 1.49. The number of thioether (sulfide) groups is 1. The highest BCUT2D eigenvalue weighted by Crippen LogP contribution is 2.37. The third kappa shape index (κ3) is 4.83. The van der Waals surface area contributed by atoms with E-state index in [1.807, 2.05) is 92.7 Å². The lowest BCUT2D eigenvalue weighted by Crippen LogP contribution is -2.31. The van der Waals surface area contributed by atoms with E-state index in [1.54, 1.807) is 4.68 Å². The molecule has 176 valence electrons. The molecule has 1 aliphatic rings. The van der Waals surface area contributed by atoms with Crippen molar-refractivity contribution in [1.29, 1.82) is 0 Å². The van der Waals surface area contributed by atoms with Crippen molar-refractivity contribution >= 4 is 40.9 Å². The van der Waals surface area contributed by atoms with Crippen LogP contribution >= 0.6 is 23.4 Å². The Labute approximate surface area is 213 Å². The first-order chi connectivity index (χ1) is 17.0. The molecule has 3 aromatic carbocycles. The van der Waals surface area contributed by atoms with Gasteiger partial charge in [0.15, 0.2) is 0 Å². The first-order valence-corrected chi connectivity index (χ1v) is 12.6. The molecule has 0 radical (unpaired) electrons. The highest BCUT2D eigenvalue weighted by Gasteiger charge is 2.34. The number of allylic oxidation sites excluding steroid dienone is 1. The van der Waals surface area contributed by atoms with Crippen molar-refractivity contribution in [3.8, 4) is 0 Å². The fraction of sp³-hybridized carbons (Fsp3) is 0.148. The number of nitrogens with zero attached hydrogens (tertiary/aromatic N) is 3. The number of benzene rings is 3. The third-order valence-electron chi connectivity index (χ3n) is 5.90. The van der Waals surface area contributed by atoms with E-state index in [0.717, 1.165) is 33.1 Å². The van der Waals surface area contributed by atoms with Crippen LogP contribution in [0.3, 0.4) is 0 Å². The van der Waals surface area contributed by atoms with Gasteiger partial charge in [0.1, 0.15) is 6.04 Å². The molecule has 6 nitrogen and oxygen atoms in total. The Morgan fingerprint density at radius 2 is 1.74 bits per heavy atom. The lowest BCUT2D eigenvalue weighted by Gasteiger charge is -2.28. The van der Waals surface area contributed by atoms with E-state index in [-0.39, 0.29) is 5.91 Å². The largest absolute Gasteiger partial charge is 0.328 e. The normalized spacial score (nSPS) is 14.9. The summed E-state index contributed by atoms with van der Waals surface area (Å²) in [5, 5.41) is 12.5. The molecule has 2 heterocycles. The van der Waals surface area contributed by atoms with Crippen LogP contribution in [0.15, 0.2) is 95.3 Å². The van der Waals surface area contributed by atoms with Crippen LogP contribution in [-0.2, 0) is 10.5 Å². The number of anilines is 2. The van der Waals surface area contributed by atoms with Crippen molar-refractivity contribution in [2.45, 2.75) is 30.8 Å². The Bertz CT molecular complexity index is 1420. The second kappa shape index (κ2) is 9.98. The van der Waals surface area contributed by atoms with Crippen molar-refractivity contribution in [2.75, 3.05) is 10.6 Å². The molecule has 1 aliphatic heterocycles. The van der Waals surface area contributed by atoms with Crippen LogP contribution in [-0.4, -0.2) is 20.7 Å². The maximum atomic E-state index is 13.6. The molecule has 5 rings (SSSR count). The van der Waals surface area contributed by atoms with Gasteiger partial charge in [-0.05, 0) is 42.7 Å². The molecule has 1 unspecified atom stereocenters. The molecule has 4 aromatic rings. The fourth-order valence-electron chi connectivity index (χ4n) is 4.09. The summed E-state index contributed by atoms with van der Waals surface area (Å²) in [5.74, 6) is 1.07. The van der Waals surface area contributed by atoms with Crippen molar-refractivity contribution in [3.05, 3.63) is 112 Å². The number of carbonyl (C=O) groups excluding carboxylic acids is 1. The number of hydrogen-bond acceptors (Lipinski definition) is 5. The Morgan fingerprint density at radius 3 is 2.51 bits per heavy atom. The molecular weight excluding hydrogens is 478 g/mol. The summed E-state index contributed by atoms with van der Waals surface area (Å²) in [4.78, 5) is 18.3. The number of aromatic nitrogens is 3. The number of carbonyl (C=O) groups is 1. The Morgan fingerprint density at radius 1 is 1.03 bits per heavy atom. The fourth-order valence-corrected chi connectivity index (χ4v) is 5.21. The summed E-state index contributed by atoms with van der Waals surface area (Å²) in [6.07, 6.45) is 0. The molecule has 0 bridgehead atoms. The summed E-state index contributed by atoms with van der Waals surface area (Å²) in [6, 6.07) is 25.0. The number of amides is 1. The molecule has 0 saturated heterocycles. The average Bonchev–Trinajstić information content (AvgIpc) is 3.27. The van der Waals surface area contributed by atoms with Crippen LogP contribution in [0.4, 0.5) is 11.6 Å². The van der Waals surface area contributed by atoms with Crippen LogP contribution in [0.2, 0.25) is 5.02 Å². The summed E-state index contributed by atoms with van der Waals surface area (Å²) >= 11 is 7.83. The molecule has 1 aromatic heterocycles. The smallest absolute Gasteiger partial charge is 0.255 e. The first kappa shape index (κ1) is 23.2. The number of para-hydroxylation sites is 1. The van der Waals surface area contributed by atoms with Gasteiger partial charge in [-0.2, -0.15) is 4.98 Å². The highest BCUT2D eigenvalue weighted by atomic mass is 35.5. The maximum Gasteiger partial charge on any atom is 0.255 e. The van der Waals surface area contributed by atoms with Gasteiger partial charge in [-0.1, -0.05) is 90.1 Å². The molecule has 1 amide bonds. The zero-order chi connectivity index (χ0) is 24.4. The first-order valence-electron chi connectivity index (χ1n) is 11.2. The van der Waals surface area contributed by atoms with Gasteiger partial charge in [-0.3, -0.25) is 4.79 Å². The zero-order valence-electron chi connectivity index (χ0n) is 19.3. The van der Waals surface area contributed by atoms with Crippen LogP contribution in [0, 0.1) is 6.92 Å². The molecular formula is C27H24ClN5OS. The monoisotopic (exact) mass is 501 g/mol. The molecule has 0 spiro atoms. The van der Waals surface area contributed by atoms with Crippen LogP contribution in [0.5, 0.6) is 0 Å². The van der Waals surface area contributed by atoms with E-state index in [0.29, 0.717) is 22.4 Å². The summed E-state index contributed by atoms with van der Waals surface area (Å²) < 4.78 is 1.80. The minimum Gasteiger partial charge on any atom is -0.328 e. The standard InChI is InChI=1S/C27H24ClN5OS/c1-17-10-6-9-15-22(17)30-25(34)23-18(2)29-26-31-27(35-16-20-13-7-8-14-21(20)28)32-33(26)24(23)19-11-4-3-5-12-19/h3-15,24H,16H2,1-2H3,(H,30,34)(H,29,31,32). The number of fused-ring (bicyclic) bond motifs is 1. The van der Waals surface area contributed by atoms with Crippen LogP contribution < -0.4 is 10.6 Å². The van der Waals surface area contributed by atoms with Crippen molar-refractivity contribution in [3.63, 3.8) is 0 Å². The van der Waals surface area contributed by atoms with Gasteiger partial charge < -0.3 is 10.6 Å². The molecule has 0 aliphatic carbocycles. The minimum absolute atomic E-state index is 0.176. The van der Waals surface area contributed by atoms with Gasteiger partial charge in [0.2, 0.25) is 11.1 Å². The van der Waals surface area contributed by atoms with Crippen molar-refractivity contribution in [2.24, 2.45) is 0 Å². The van der Waals surface area contributed by atoms with Crippen molar-refractivity contribution < 1.29 is 4.79 Å². The van der Waals surface area contributed by atoms with Crippen LogP contribution in [0.1, 0.15) is 29.7 Å². The lowest BCUT2D eigenvalue weighted by molar-refractivity contribution is -0.113. The van der Waals surface area contributed by atoms with Crippen molar-refractivity contribution in [1.82, 2.24) is 14.8 Å². The van der Waals surface area contributed by atoms with E-state index in [1.165, 1.54) is 11.8 Å². The highest BCUT2D eigenvalue weighted by molar-refractivity contribution is 7.98. The molecule has 1 atom stereocenters. The van der Waals surface area contributed by atoms with Gasteiger partial charge in [-0.15, -0.1) is 5.10 Å². The van der Waals surface area contributed by atoms with Gasteiger partial charge in [0.25, 0.3) is 5.91 Å². The predicted octanol–water partition coefficient (Wildman–Crippen LogP) is 6.46. The van der Waals surface area contributed by atoms with Gasteiger partial charge in [-0.25, -0.2) is 4.68 Å². The minimum atomic E-state index is -0.418. The third-order valence-corrected chi connectivity index (χ3v) is 7.16. The predicted molar refractivity (Wildman–Crippen MR) is 142 cm³/mol. The summed E-state index contributed by atoms with van der Waals surface area (Å²) in [5.41, 5.74) is 5.10. The van der Waals surface area contributed by atoms with E-state index in [2.05, 4.69) is 10.6 Å². The molecule has 0 fully saturated rings. The molecule has 8 heteroatoms. The quantitative estimate of drug-likeness (QED) is 0.297. The van der Waals surface area contributed by atoms with E-state index < -0.39 is 6.04 Å². The molecule has 2 N–H and O–H groups in total. The van der Waals surface area contributed by atoms with E-state index in [4.69, 9.17) is 21.7 Å². The van der Waals surface area contributed by atoms with Gasteiger partial charge >= 0.3 is 0 Å². The zero-order valence-corrected chi connectivity index (χ0v) is 20.9. The maximum absolute atomic E-state index is 13.6. The Kier molecular flexibility index (Phi) is 6.61. The number of rotatable bonds is 6. The van der Waals surface area contributed by atoms with Gasteiger partial charge in [0.05, 0.1) is 5.57 Å². The summed E-state index contributed by atoms with van der Waals surface area (Å²) in [6.45, 7) is 3.88. The number of nitrogens with one attached hydrogen (secondary N) is 2. The SMILES string of the molecule is CC1=C(C(=O)Nc2ccccc2C)C(c2ccccc2)n2nc(SCc3ccccc3Cl)nc2N1. The van der Waals surface area contributed by atoms with Gasteiger partial charge in [0, 0.05) is 22.2 Å². The Hall–Kier alpha value is -3.55. The molecule has 35 heavy (non-hydrogen) atoms. The average molecular weight is 502 g/mol. The van der Waals surface area contributed by atoms with E-state index in [9.17, 15) is 4.79 Å².